The van der Waals surface area contributed by atoms with E-state index in [2.05, 4.69) is 0 Å². The van der Waals surface area contributed by atoms with Crippen LogP contribution in [-0.2, 0) is 61.9 Å². The third-order valence-corrected chi connectivity index (χ3v) is 5.68. The maximum Gasteiger partial charge on any atom is 0.304 e. The quantitative estimate of drug-likeness (QED) is 0.254. The lowest BCUT2D eigenvalue weighted by Crippen LogP contribution is -2.65. The van der Waals surface area contributed by atoms with Crippen LogP contribution in [0.2, 0.25) is 0 Å². The van der Waals surface area contributed by atoms with Crippen molar-refractivity contribution in [2.24, 2.45) is 5.92 Å². The number of carbonyl (C=O) groups is 5. The fourth-order valence-corrected chi connectivity index (χ4v) is 4.15. The first-order chi connectivity index (χ1) is 17.7. The molecule has 0 aromatic carbocycles. The van der Waals surface area contributed by atoms with Gasteiger partial charge in [-0.25, -0.2) is 0 Å². The van der Waals surface area contributed by atoms with E-state index >= 15 is 0 Å². The molecule has 10 atom stereocenters. The fourth-order valence-electron chi connectivity index (χ4n) is 4.15. The van der Waals surface area contributed by atoms with Gasteiger partial charge in [0, 0.05) is 34.6 Å². The lowest BCUT2D eigenvalue weighted by atomic mass is 9.91. The van der Waals surface area contributed by atoms with Gasteiger partial charge in [0.15, 0.2) is 18.5 Å². The van der Waals surface area contributed by atoms with E-state index in [1.807, 2.05) is 0 Å². The van der Waals surface area contributed by atoms with Crippen molar-refractivity contribution in [3.63, 3.8) is 0 Å². The summed E-state index contributed by atoms with van der Waals surface area (Å²) in [4.78, 5) is 58.8. The van der Waals surface area contributed by atoms with Gasteiger partial charge in [-0.3, -0.25) is 24.0 Å². The van der Waals surface area contributed by atoms with Crippen LogP contribution in [0, 0.1) is 5.92 Å². The standard InChI is InChI=1S/C23H34O15/c1-9-18(32-11(3)26)19(16(8-31-10(2)25)37-22(9)35-14(6)29)38-23-21(34-13(5)28)20(33-12(4)27)17(30)15(7-24)36-23/h9,15-24,30H,7-8H2,1-6H3/t9?,15?,16?,17-,18+,19-,20-,21?,22+,23-/m0/s1. The topological polar surface area (TPSA) is 200 Å². The van der Waals surface area contributed by atoms with Gasteiger partial charge in [-0.2, -0.15) is 0 Å². The minimum absolute atomic E-state index is 0.438. The number of esters is 5. The van der Waals surface area contributed by atoms with Crippen LogP contribution in [0.1, 0.15) is 41.5 Å². The van der Waals surface area contributed by atoms with Gasteiger partial charge in [0.25, 0.3) is 0 Å². The summed E-state index contributed by atoms with van der Waals surface area (Å²) in [6, 6.07) is 0. The predicted molar refractivity (Wildman–Crippen MR) is 120 cm³/mol. The Morgan fingerprint density at radius 3 is 1.66 bits per heavy atom. The normalized spacial score (nSPS) is 34.9. The van der Waals surface area contributed by atoms with Crippen LogP contribution in [0.3, 0.4) is 0 Å². The highest BCUT2D eigenvalue weighted by Crippen LogP contribution is 2.35. The van der Waals surface area contributed by atoms with Crippen LogP contribution in [-0.4, -0.2) is 109 Å². The smallest absolute Gasteiger partial charge is 0.304 e. The number of hydrogen-bond acceptors (Lipinski definition) is 15. The summed E-state index contributed by atoms with van der Waals surface area (Å²) in [5.74, 6) is -4.58. The van der Waals surface area contributed by atoms with Gasteiger partial charge in [0.2, 0.25) is 6.29 Å². The largest absolute Gasteiger partial charge is 0.463 e. The number of aliphatic hydroxyl groups is 2. The summed E-state index contributed by atoms with van der Waals surface area (Å²) in [7, 11) is 0. The summed E-state index contributed by atoms with van der Waals surface area (Å²) in [5.41, 5.74) is 0. The summed E-state index contributed by atoms with van der Waals surface area (Å²) < 4.78 is 43.7. The fraction of sp³-hybridized carbons (Fsp3) is 0.783. The van der Waals surface area contributed by atoms with Crippen molar-refractivity contribution in [2.75, 3.05) is 13.2 Å². The van der Waals surface area contributed by atoms with Gasteiger partial charge in [-0.15, -0.1) is 0 Å². The molecule has 0 bridgehead atoms. The van der Waals surface area contributed by atoms with Crippen LogP contribution in [0.15, 0.2) is 0 Å². The average molecular weight is 551 g/mol. The molecule has 4 unspecified atom stereocenters. The van der Waals surface area contributed by atoms with Gasteiger partial charge >= 0.3 is 29.8 Å². The molecule has 0 aliphatic carbocycles. The second-order valence-electron chi connectivity index (χ2n) is 8.85. The first-order valence-corrected chi connectivity index (χ1v) is 11.8. The van der Waals surface area contributed by atoms with Crippen LogP contribution < -0.4 is 0 Å². The Labute approximate surface area is 218 Å². The second-order valence-corrected chi connectivity index (χ2v) is 8.85. The van der Waals surface area contributed by atoms with Gasteiger partial charge in [0.05, 0.1) is 12.5 Å². The maximum absolute atomic E-state index is 12.0. The van der Waals surface area contributed by atoms with E-state index in [9.17, 15) is 34.2 Å². The van der Waals surface area contributed by atoms with Crippen molar-refractivity contribution in [1.29, 1.82) is 0 Å². The molecule has 15 nitrogen and oxygen atoms in total. The number of hydrogen-bond donors (Lipinski definition) is 2. The molecule has 0 radical (unpaired) electrons. The van der Waals surface area contributed by atoms with E-state index in [0.29, 0.717) is 0 Å². The Hall–Kier alpha value is -2.85. The van der Waals surface area contributed by atoms with Crippen LogP contribution in [0.25, 0.3) is 0 Å². The van der Waals surface area contributed by atoms with Crippen molar-refractivity contribution >= 4 is 29.8 Å². The van der Waals surface area contributed by atoms with E-state index in [0.717, 1.165) is 34.6 Å². The first kappa shape index (κ1) is 31.4. The Bertz CT molecular complexity index is 875. The molecular formula is C23H34O15. The molecule has 0 spiro atoms. The van der Waals surface area contributed by atoms with Crippen LogP contribution in [0.5, 0.6) is 0 Å². The minimum Gasteiger partial charge on any atom is -0.463 e. The van der Waals surface area contributed by atoms with Crippen molar-refractivity contribution in [3.05, 3.63) is 0 Å². The molecule has 2 N–H and O–H groups in total. The minimum atomic E-state index is -1.61. The number of carbonyl (C=O) groups excluding carboxylic acids is 5. The van der Waals surface area contributed by atoms with Crippen LogP contribution in [0.4, 0.5) is 0 Å². The Morgan fingerprint density at radius 1 is 0.658 bits per heavy atom. The zero-order valence-electron chi connectivity index (χ0n) is 21.9. The molecule has 2 aliphatic rings. The molecule has 2 aliphatic heterocycles. The molecule has 2 rings (SSSR count). The van der Waals surface area contributed by atoms with Crippen molar-refractivity contribution in [1.82, 2.24) is 0 Å². The second kappa shape index (κ2) is 13.8. The molecule has 2 saturated heterocycles. The Balaban J connectivity index is 2.50. The van der Waals surface area contributed by atoms with E-state index in [4.69, 9.17) is 37.9 Å². The predicted octanol–water partition coefficient (Wildman–Crippen LogP) is -1.27. The molecule has 2 fully saturated rings. The molecule has 0 amide bonds. The summed E-state index contributed by atoms with van der Waals surface area (Å²) in [6.07, 6.45) is -12.5. The third-order valence-electron chi connectivity index (χ3n) is 5.68. The molecular weight excluding hydrogens is 516 g/mol. The number of rotatable bonds is 9. The van der Waals surface area contributed by atoms with Crippen LogP contribution >= 0.6 is 0 Å². The van der Waals surface area contributed by atoms with Crippen molar-refractivity contribution in [3.8, 4) is 0 Å². The highest BCUT2D eigenvalue weighted by atomic mass is 16.8. The molecule has 0 saturated carbocycles. The number of ether oxygens (including phenoxy) is 8. The Kier molecular flexibility index (Phi) is 11.4. The lowest BCUT2D eigenvalue weighted by Gasteiger charge is -2.48. The van der Waals surface area contributed by atoms with Gasteiger partial charge in [-0.05, 0) is 0 Å². The number of aliphatic hydroxyl groups excluding tert-OH is 2. The molecule has 15 heteroatoms. The zero-order valence-corrected chi connectivity index (χ0v) is 21.9. The average Bonchev–Trinajstić information content (AvgIpc) is 2.79. The zero-order chi connectivity index (χ0) is 28.7. The van der Waals surface area contributed by atoms with E-state index in [1.54, 1.807) is 6.92 Å². The highest BCUT2D eigenvalue weighted by molar-refractivity contribution is 5.68. The van der Waals surface area contributed by atoms with Crippen molar-refractivity contribution in [2.45, 2.75) is 96.9 Å². The van der Waals surface area contributed by atoms with E-state index in [-0.39, 0.29) is 0 Å². The summed E-state index contributed by atoms with van der Waals surface area (Å²) in [5, 5.41) is 20.3. The monoisotopic (exact) mass is 550 g/mol. The van der Waals surface area contributed by atoms with E-state index in [1.165, 1.54) is 0 Å². The van der Waals surface area contributed by atoms with Gasteiger partial charge in [0.1, 0.15) is 37.1 Å². The Morgan fingerprint density at radius 2 is 1.16 bits per heavy atom. The summed E-state index contributed by atoms with van der Waals surface area (Å²) >= 11 is 0. The van der Waals surface area contributed by atoms with Gasteiger partial charge < -0.3 is 48.1 Å². The van der Waals surface area contributed by atoms with E-state index < -0.39 is 104 Å². The molecule has 216 valence electrons. The molecule has 2 heterocycles. The molecule has 38 heavy (non-hydrogen) atoms. The van der Waals surface area contributed by atoms with Gasteiger partial charge in [-0.1, -0.05) is 6.92 Å². The third kappa shape index (κ3) is 8.33. The maximum atomic E-state index is 12.0. The molecule has 0 aromatic heterocycles. The first-order valence-electron chi connectivity index (χ1n) is 11.8. The molecule has 0 aromatic rings. The van der Waals surface area contributed by atoms with Crippen molar-refractivity contribution < 1.29 is 72.1 Å². The SMILES string of the molecule is CC(=O)OCC1O[C@@H](OC(C)=O)C(C)[C@@H](OC(C)=O)[C@H]1O[C@@H]1OC(CO)[C@H](O)[C@H](OC(C)=O)C1OC(C)=O. The summed E-state index contributed by atoms with van der Waals surface area (Å²) in [6.45, 7) is 5.93. The highest BCUT2D eigenvalue weighted by Gasteiger charge is 2.54. The lowest BCUT2D eigenvalue weighted by molar-refractivity contribution is -0.351.